The Labute approximate surface area is 231 Å². The minimum absolute atomic E-state index is 0.296. The van der Waals surface area contributed by atoms with Gasteiger partial charge in [-0.05, 0) is 73.2 Å². The summed E-state index contributed by atoms with van der Waals surface area (Å²) in [6.07, 6.45) is 2.81. The number of aromatic nitrogens is 1. The van der Waals surface area contributed by atoms with Crippen molar-refractivity contribution in [2.24, 2.45) is 0 Å². The average molecular weight is 569 g/mol. The van der Waals surface area contributed by atoms with Crippen LogP contribution in [-0.4, -0.2) is 31.9 Å². The van der Waals surface area contributed by atoms with Gasteiger partial charge in [-0.1, -0.05) is 29.8 Å². The molecule has 0 spiro atoms. The van der Waals surface area contributed by atoms with Crippen molar-refractivity contribution in [3.63, 3.8) is 0 Å². The lowest BCUT2D eigenvalue weighted by Crippen LogP contribution is -2.29. The number of thiocarbonyl (C=S) groups is 1. The number of benzene rings is 2. The van der Waals surface area contributed by atoms with Crippen molar-refractivity contribution < 1.29 is 17.6 Å². The van der Waals surface area contributed by atoms with E-state index in [1.54, 1.807) is 18.3 Å². The molecule has 1 fully saturated rings. The van der Waals surface area contributed by atoms with E-state index in [2.05, 4.69) is 15.0 Å². The predicted molar refractivity (Wildman–Crippen MR) is 153 cm³/mol. The lowest BCUT2D eigenvalue weighted by molar-refractivity contribution is 0.416. The first-order valence-electron chi connectivity index (χ1n) is 11.7. The Morgan fingerprint density at radius 1 is 1.13 bits per heavy atom. The van der Waals surface area contributed by atoms with Crippen LogP contribution >= 0.6 is 23.8 Å². The van der Waals surface area contributed by atoms with Crippen LogP contribution in [0, 0.1) is 6.92 Å². The van der Waals surface area contributed by atoms with Crippen molar-refractivity contribution in [3.05, 3.63) is 95.0 Å². The number of anilines is 2. The third-order valence-electron chi connectivity index (χ3n) is 6.23. The van der Waals surface area contributed by atoms with E-state index < -0.39 is 16.1 Å². The van der Waals surface area contributed by atoms with Crippen LogP contribution in [0.15, 0.2) is 77.3 Å². The summed E-state index contributed by atoms with van der Waals surface area (Å²) >= 11 is 12.1. The molecule has 0 amide bonds. The topological polar surface area (TPSA) is 96.7 Å². The Balaban J connectivity index is 1.61. The summed E-state index contributed by atoms with van der Waals surface area (Å²) < 4.78 is 38.3. The second-order valence-corrected chi connectivity index (χ2v) is 11.5. The first-order valence-corrected chi connectivity index (χ1v) is 14.3. The van der Waals surface area contributed by atoms with Crippen LogP contribution in [0.5, 0.6) is 5.75 Å². The smallest absolute Gasteiger partial charge is 0.229 e. The first kappa shape index (κ1) is 26.0. The predicted octanol–water partition coefficient (Wildman–Crippen LogP) is 5.86. The van der Waals surface area contributed by atoms with E-state index in [1.807, 2.05) is 66.4 Å². The molecule has 0 aliphatic carbocycles. The molecule has 1 aliphatic heterocycles. The Morgan fingerprint density at radius 2 is 1.95 bits per heavy atom. The Hall–Kier alpha value is -3.60. The molecular formula is C27H25ClN4O4S2. The van der Waals surface area contributed by atoms with E-state index in [0.29, 0.717) is 38.8 Å². The maximum absolute atomic E-state index is 12.0. The summed E-state index contributed by atoms with van der Waals surface area (Å²) in [7, 11) is -2.07. The number of methoxy groups -OCH3 is 1. The summed E-state index contributed by atoms with van der Waals surface area (Å²) in [5, 5.41) is 4.47. The van der Waals surface area contributed by atoms with E-state index in [4.69, 9.17) is 33.0 Å². The van der Waals surface area contributed by atoms with E-state index in [9.17, 15) is 8.42 Å². The number of hydrogen-bond acceptors (Lipinski definition) is 6. The molecule has 2 aromatic heterocycles. The summed E-state index contributed by atoms with van der Waals surface area (Å²) in [6.45, 7) is 1.95. The molecular weight excluding hydrogens is 544 g/mol. The zero-order valence-corrected chi connectivity index (χ0v) is 23.2. The molecule has 2 N–H and O–H groups in total. The van der Waals surface area contributed by atoms with E-state index in [1.165, 1.54) is 7.11 Å². The number of rotatable bonds is 7. The van der Waals surface area contributed by atoms with Gasteiger partial charge in [0, 0.05) is 22.5 Å². The van der Waals surface area contributed by atoms with Gasteiger partial charge in [-0.2, -0.15) is 0 Å². The molecule has 4 aromatic rings. The molecule has 5 rings (SSSR count). The number of sulfonamides is 1. The number of aryl methyl sites for hydroxylation is 1. The number of nitrogens with one attached hydrogen (secondary N) is 2. The van der Waals surface area contributed by atoms with Gasteiger partial charge < -0.3 is 19.4 Å². The highest BCUT2D eigenvalue weighted by molar-refractivity contribution is 7.92. The number of nitrogens with zero attached hydrogens (tertiary/aromatic N) is 2. The number of halogens is 1. The molecule has 0 saturated carbocycles. The molecule has 2 aromatic carbocycles. The molecule has 3 heterocycles. The molecule has 1 aliphatic rings. The van der Waals surface area contributed by atoms with Crippen LogP contribution in [0.3, 0.4) is 0 Å². The van der Waals surface area contributed by atoms with E-state index in [-0.39, 0.29) is 6.04 Å². The van der Waals surface area contributed by atoms with Gasteiger partial charge in [-0.25, -0.2) is 8.42 Å². The second kappa shape index (κ2) is 10.3. The van der Waals surface area contributed by atoms with Gasteiger partial charge in [0.15, 0.2) is 5.11 Å². The molecule has 196 valence electrons. The molecule has 0 bridgehead atoms. The van der Waals surface area contributed by atoms with Crippen LogP contribution in [-0.2, 0) is 10.0 Å². The molecule has 11 heteroatoms. The van der Waals surface area contributed by atoms with Crippen molar-refractivity contribution in [2.75, 3.05) is 23.0 Å². The van der Waals surface area contributed by atoms with Crippen molar-refractivity contribution in [3.8, 4) is 17.1 Å². The average Bonchev–Trinajstić information content (AvgIpc) is 3.50. The summed E-state index contributed by atoms with van der Waals surface area (Å²) in [6, 6.07) is 19.7. The first-order chi connectivity index (χ1) is 18.1. The summed E-state index contributed by atoms with van der Waals surface area (Å²) in [5.41, 5.74) is 3.55. The number of furan rings is 1. The summed E-state index contributed by atoms with van der Waals surface area (Å²) in [5.74, 6) is 1.69. The highest BCUT2D eigenvalue weighted by atomic mass is 35.5. The van der Waals surface area contributed by atoms with Gasteiger partial charge in [0.2, 0.25) is 10.0 Å². The van der Waals surface area contributed by atoms with Gasteiger partial charge >= 0.3 is 0 Å². The van der Waals surface area contributed by atoms with Gasteiger partial charge in [-0.15, -0.1) is 0 Å². The number of pyridine rings is 1. The fourth-order valence-electron chi connectivity index (χ4n) is 4.46. The van der Waals surface area contributed by atoms with Gasteiger partial charge in [0.25, 0.3) is 0 Å². The van der Waals surface area contributed by atoms with Crippen molar-refractivity contribution in [2.45, 2.75) is 19.0 Å². The van der Waals surface area contributed by atoms with Crippen molar-refractivity contribution in [1.29, 1.82) is 0 Å². The monoisotopic (exact) mass is 568 g/mol. The van der Waals surface area contributed by atoms with Crippen LogP contribution in [0.1, 0.15) is 29.1 Å². The Bertz CT molecular complexity index is 1610. The second-order valence-electron chi connectivity index (χ2n) is 8.92. The molecule has 1 saturated heterocycles. The third-order valence-corrected chi connectivity index (χ3v) is 7.54. The van der Waals surface area contributed by atoms with Crippen LogP contribution in [0.4, 0.5) is 11.4 Å². The minimum Gasteiger partial charge on any atom is -0.495 e. The minimum atomic E-state index is -3.55. The van der Waals surface area contributed by atoms with Crippen molar-refractivity contribution >= 4 is 50.3 Å². The van der Waals surface area contributed by atoms with Crippen LogP contribution in [0.2, 0.25) is 5.02 Å². The largest absolute Gasteiger partial charge is 0.495 e. The van der Waals surface area contributed by atoms with Gasteiger partial charge in [-0.3, -0.25) is 9.71 Å². The maximum Gasteiger partial charge on any atom is 0.229 e. The highest BCUT2D eigenvalue weighted by Crippen LogP contribution is 2.44. The maximum atomic E-state index is 12.0. The standard InChI is InChI=1S/C27H25ClN4O4S2/c1-16-7-8-17(14-19(16)28)22-11-12-24(36-22)26-25(20-6-4-5-13-29-20)30-27(37)32(26)18-9-10-23(35-2)21(15-18)31-38(3,33)34/h4-15,25-26,31H,1-3H3,(H,30,37)/t25-,26+/m1/s1. The zero-order chi connectivity index (χ0) is 27.0. The summed E-state index contributed by atoms with van der Waals surface area (Å²) in [4.78, 5) is 6.45. The normalized spacial score (nSPS) is 17.4. The fraction of sp³-hybridized carbons (Fsp3) is 0.185. The fourth-order valence-corrected chi connectivity index (χ4v) is 5.55. The SMILES string of the molecule is COc1ccc(N2C(=S)N[C@H](c3ccccn3)[C@@H]2c2ccc(-c3ccc(C)c(Cl)c3)o2)cc1NS(C)(=O)=O. The molecule has 8 nitrogen and oxygen atoms in total. The van der Waals surface area contributed by atoms with E-state index in [0.717, 1.165) is 23.1 Å². The molecule has 0 unspecified atom stereocenters. The quantitative estimate of drug-likeness (QED) is 0.268. The lowest BCUT2D eigenvalue weighted by atomic mass is 10.0. The highest BCUT2D eigenvalue weighted by Gasteiger charge is 2.42. The zero-order valence-electron chi connectivity index (χ0n) is 20.8. The Kier molecular flexibility index (Phi) is 7.04. The van der Waals surface area contributed by atoms with E-state index >= 15 is 0 Å². The lowest BCUT2D eigenvalue weighted by Gasteiger charge is -2.27. The number of ether oxygens (including phenoxy) is 1. The molecule has 38 heavy (non-hydrogen) atoms. The van der Waals surface area contributed by atoms with Crippen LogP contribution in [0.25, 0.3) is 11.3 Å². The van der Waals surface area contributed by atoms with Crippen molar-refractivity contribution in [1.82, 2.24) is 10.3 Å². The van der Waals surface area contributed by atoms with Crippen LogP contribution < -0.4 is 19.7 Å². The van der Waals surface area contributed by atoms with Gasteiger partial charge in [0.05, 0.1) is 30.8 Å². The Morgan fingerprint density at radius 3 is 2.63 bits per heavy atom. The molecule has 0 radical (unpaired) electrons. The number of hydrogen-bond donors (Lipinski definition) is 2. The van der Waals surface area contributed by atoms with Gasteiger partial charge in [0.1, 0.15) is 23.3 Å². The third kappa shape index (κ3) is 5.20. The molecule has 2 atom stereocenters.